The Labute approximate surface area is 182 Å². The zero-order valence-corrected chi connectivity index (χ0v) is 19.3. The van der Waals surface area contributed by atoms with Gasteiger partial charge in [-0.2, -0.15) is 8.42 Å². The molecule has 1 atom stereocenters. The van der Waals surface area contributed by atoms with Gasteiger partial charge in [0.05, 0.1) is 6.42 Å². The van der Waals surface area contributed by atoms with Gasteiger partial charge in [-0.1, -0.05) is 76.9 Å². The molecule has 0 aromatic heterocycles. The lowest BCUT2D eigenvalue weighted by Gasteiger charge is -2.09. The summed E-state index contributed by atoms with van der Waals surface area (Å²) in [5, 5.41) is 9.14. The molecule has 0 fully saturated rings. The molecular weight excluding hydrogens is 406 g/mol. The van der Waals surface area contributed by atoms with Crippen molar-refractivity contribution in [2.45, 2.75) is 108 Å². The van der Waals surface area contributed by atoms with Crippen LogP contribution in [0.4, 0.5) is 0 Å². The smallest absolute Gasteiger partial charge is 0.324 e. The zero-order valence-electron chi connectivity index (χ0n) is 18.5. The molecule has 1 amide bonds. The second-order valence-electron chi connectivity index (χ2n) is 7.83. The van der Waals surface area contributed by atoms with Crippen molar-refractivity contribution < 1.29 is 27.7 Å². The van der Waals surface area contributed by atoms with Crippen LogP contribution in [0.3, 0.4) is 0 Å². The molecule has 0 aromatic rings. The van der Waals surface area contributed by atoms with E-state index in [2.05, 4.69) is 24.4 Å². The van der Waals surface area contributed by atoms with E-state index < -0.39 is 33.7 Å². The summed E-state index contributed by atoms with van der Waals surface area (Å²) in [4.78, 5) is 22.4. The maximum Gasteiger partial charge on any atom is 0.324 e. The van der Waals surface area contributed by atoms with E-state index in [1.54, 1.807) is 0 Å². The highest BCUT2D eigenvalue weighted by Crippen LogP contribution is 2.10. The number of carboxylic acid groups (broad SMARTS) is 1. The number of carbonyl (C=O) groups excluding carboxylic acids is 1. The minimum atomic E-state index is -4.79. The van der Waals surface area contributed by atoms with Crippen LogP contribution in [0.5, 0.6) is 0 Å². The largest absolute Gasteiger partial charge is 0.480 e. The normalized spacial score (nSPS) is 12.9. The summed E-state index contributed by atoms with van der Waals surface area (Å²) in [6.45, 7) is 2.61. The van der Waals surface area contributed by atoms with Gasteiger partial charge >= 0.3 is 5.97 Å². The molecule has 0 aliphatic heterocycles. The van der Waals surface area contributed by atoms with Gasteiger partial charge in [-0.25, -0.2) is 0 Å². The lowest BCUT2D eigenvalue weighted by atomic mass is 10.1. The number of rotatable bonds is 20. The number of hydrogen-bond acceptors (Lipinski definition) is 4. The zero-order chi connectivity index (χ0) is 22.7. The van der Waals surface area contributed by atoms with Gasteiger partial charge in [0.15, 0.2) is 5.25 Å². The summed E-state index contributed by atoms with van der Waals surface area (Å²) < 4.78 is 30.7. The van der Waals surface area contributed by atoms with Crippen molar-refractivity contribution in [1.29, 1.82) is 0 Å². The third kappa shape index (κ3) is 17.4. The Balaban J connectivity index is 3.50. The molecule has 1 unspecified atom stereocenters. The van der Waals surface area contributed by atoms with Crippen LogP contribution < -0.4 is 5.32 Å². The van der Waals surface area contributed by atoms with Crippen LogP contribution in [0.25, 0.3) is 0 Å². The Hall–Kier alpha value is -1.41. The first-order valence-corrected chi connectivity index (χ1v) is 12.9. The van der Waals surface area contributed by atoms with E-state index in [1.807, 2.05) is 0 Å². The summed E-state index contributed by atoms with van der Waals surface area (Å²) in [5.41, 5.74) is 0. The van der Waals surface area contributed by atoms with Gasteiger partial charge in [0.2, 0.25) is 5.91 Å². The number of allylic oxidation sites excluding steroid dienone is 2. The number of nitrogens with one attached hydrogen (secondary N) is 1. The van der Waals surface area contributed by atoms with Gasteiger partial charge in [-0.15, -0.1) is 0 Å². The van der Waals surface area contributed by atoms with Crippen LogP contribution in [0.1, 0.15) is 103 Å². The molecule has 0 radical (unpaired) electrons. The first kappa shape index (κ1) is 28.6. The Morgan fingerprint density at radius 1 is 0.833 bits per heavy atom. The number of amides is 1. The third-order valence-electron chi connectivity index (χ3n) is 5.02. The summed E-state index contributed by atoms with van der Waals surface area (Å²) in [6, 6.07) is 0. The summed E-state index contributed by atoms with van der Waals surface area (Å²) >= 11 is 0. The predicted molar refractivity (Wildman–Crippen MR) is 120 cm³/mol. The Bertz CT molecular complexity index is 588. The lowest BCUT2D eigenvalue weighted by molar-refractivity contribution is -0.138. The molecule has 0 rings (SSSR count). The van der Waals surface area contributed by atoms with Crippen LogP contribution in [0.2, 0.25) is 0 Å². The molecule has 0 heterocycles. The average Bonchev–Trinajstić information content (AvgIpc) is 2.67. The Morgan fingerprint density at radius 2 is 1.30 bits per heavy atom. The predicted octanol–water partition coefficient (Wildman–Crippen LogP) is 4.87. The van der Waals surface area contributed by atoms with Crippen LogP contribution in [-0.2, 0) is 19.7 Å². The van der Waals surface area contributed by atoms with E-state index in [-0.39, 0.29) is 0 Å². The Kier molecular flexibility index (Phi) is 17.5. The molecule has 0 aliphatic carbocycles. The number of carbonyl (C=O) groups is 2. The van der Waals surface area contributed by atoms with E-state index >= 15 is 0 Å². The first-order chi connectivity index (χ1) is 14.3. The fraction of sp³-hybridized carbons (Fsp3) is 0.818. The number of aliphatic carboxylic acids is 1. The molecule has 7 nitrogen and oxygen atoms in total. The van der Waals surface area contributed by atoms with Crippen molar-refractivity contribution in [2.24, 2.45) is 0 Å². The molecule has 0 bridgehead atoms. The average molecular weight is 448 g/mol. The molecule has 176 valence electrons. The van der Waals surface area contributed by atoms with Crippen LogP contribution >= 0.6 is 0 Å². The van der Waals surface area contributed by atoms with Gasteiger partial charge < -0.3 is 10.4 Å². The van der Waals surface area contributed by atoms with E-state index in [0.29, 0.717) is 6.54 Å². The first-order valence-electron chi connectivity index (χ1n) is 11.4. The highest BCUT2D eigenvalue weighted by atomic mass is 32.2. The van der Waals surface area contributed by atoms with Gasteiger partial charge in [0, 0.05) is 6.54 Å². The van der Waals surface area contributed by atoms with Crippen molar-refractivity contribution >= 4 is 22.0 Å². The monoisotopic (exact) mass is 447 g/mol. The van der Waals surface area contributed by atoms with Crippen LogP contribution in [0, 0.1) is 0 Å². The van der Waals surface area contributed by atoms with Gasteiger partial charge in [0.25, 0.3) is 10.1 Å². The topological polar surface area (TPSA) is 121 Å². The van der Waals surface area contributed by atoms with E-state index in [1.165, 1.54) is 57.8 Å². The maximum absolute atomic E-state index is 11.6. The van der Waals surface area contributed by atoms with E-state index in [9.17, 15) is 18.0 Å². The fourth-order valence-electron chi connectivity index (χ4n) is 3.16. The van der Waals surface area contributed by atoms with Crippen molar-refractivity contribution in [3.63, 3.8) is 0 Å². The second-order valence-corrected chi connectivity index (χ2v) is 9.43. The van der Waals surface area contributed by atoms with E-state index in [4.69, 9.17) is 9.66 Å². The number of unbranched alkanes of at least 4 members (excludes halogenated alkanes) is 12. The molecule has 0 saturated heterocycles. The summed E-state index contributed by atoms with van der Waals surface area (Å²) in [6.07, 6.45) is 20.4. The maximum atomic E-state index is 11.6. The molecule has 0 saturated carbocycles. The Morgan fingerprint density at radius 3 is 1.77 bits per heavy atom. The van der Waals surface area contributed by atoms with E-state index in [0.717, 1.165) is 32.1 Å². The standard InChI is InChI=1S/C22H41NO6S/c1-2-3-4-5-6-7-8-9-10-11-12-13-14-15-16-17-18-23-21(24)19-20(22(25)26)30(27,28)29/h9-10,20H,2-8,11-19H2,1H3,(H,23,24)(H,25,26)(H,27,28,29). The number of hydrogen-bond donors (Lipinski definition) is 3. The minimum absolute atomic E-state index is 0.373. The highest BCUT2D eigenvalue weighted by Gasteiger charge is 2.33. The molecular formula is C22H41NO6S. The number of carboxylic acids is 1. The summed E-state index contributed by atoms with van der Waals surface area (Å²) in [5.74, 6) is -2.42. The van der Waals surface area contributed by atoms with Gasteiger partial charge in [0.1, 0.15) is 0 Å². The third-order valence-corrected chi connectivity index (χ3v) is 6.10. The summed E-state index contributed by atoms with van der Waals surface area (Å²) in [7, 11) is -4.79. The van der Waals surface area contributed by atoms with Crippen molar-refractivity contribution in [3.8, 4) is 0 Å². The SMILES string of the molecule is CCCCCCCCC=CCCCCCCCCNC(=O)CC(C(=O)O)S(=O)(=O)O. The quantitative estimate of drug-likeness (QED) is 0.139. The van der Waals surface area contributed by atoms with Crippen LogP contribution in [-0.4, -0.2) is 41.7 Å². The molecule has 0 spiro atoms. The molecule has 8 heteroatoms. The van der Waals surface area contributed by atoms with Crippen molar-refractivity contribution in [2.75, 3.05) is 6.54 Å². The van der Waals surface area contributed by atoms with Gasteiger partial charge in [-0.3, -0.25) is 14.1 Å². The van der Waals surface area contributed by atoms with Gasteiger partial charge in [-0.05, 0) is 32.1 Å². The molecule has 3 N–H and O–H groups in total. The minimum Gasteiger partial charge on any atom is -0.480 e. The lowest BCUT2D eigenvalue weighted by Crippen LogP contribution is -2.36. The molecule has 0 aliphatic rings. The highest BCUT2D eigenvalue weighted by molar-refractivity contribution is 7.87. The molecule has 0 aromatic carbocycles. The fourth-order valence-corrected chi connectivity index (χ4v) is 3.78. The van der Waals surface area contributed by atoms with Crippen LogP contribution in [0.15, 0.2) is 12.2 Å². The van der Waals surface area contributed by atoms with Crippen molar-refractivity contribution in [1.82, 2.24) is 5.32 Å². The molecule has 30 heavy (non-hydrogen) atoms. The van der Waals surface area contributed by atoms with Crippen molar-refractivity contribution in [3.05, 3.63) is 12.2 Å². The second kappa shape index (κ2) is 18.4.